The molecule has 0 spiro atoms. The quantitative estimate of drug-likeness (QED) is 0.885. The van der Waals surface area contributed by atoms with Crippen LogP contribution in [0.5, 0.6) is 5.75 Å². The zero-order chi connectivity index (χ0) is 13.1. The van der Waals surface area contributed by atoms with Crippen LogP contribution in [0.25, 0.3) is 11.3 Å². The van der Waals surface area contributed by atoms with Crippen LogP contribution in [-0.4, -0.2) is 18.2 Å². The standard InChI is InChI=1S/C12H10O6/c1-16-8-4-2-7(3-5-8)11-9(6-10(13)14)17-12(15)18-11/h2-5H,6H2,1H3,(H,13,14). The first kappa shape index (κ1) is 12.0. The monoisotopic (exact) mass is 250 g/mol. The van der Waals surface area contributed by atoms with Crippen LogP contribution in [0.15, 0.2) is 37.9 Å². The molecule has 1 heterocycles. The summed E-state index contributed by atoms with van der Waals surface area (Å²) < 4.78 is 14.5. The van der Waals surface area contributed by atoms with Crippen LogP contribution < -0.4 is 10.6 Å². The summed E-state index contributed by atoms with van der Waals surface area (Å²) in [6.45, 7) is 0. The minimum absolute atomic E-state index is 0.00216. The van der Waals surface area contributed by atoms with Crippen molar-refractivity contribution in [3.63, 3.8) is 0 Å². The zero-order valence-electron chi connectivity index (χ0n) is 9.50. The van der Waals surface area contributed by atoms with Gasteiger partial charge in [-0.15, -0.1) is 0 Å². The Balaban J connectivity index is 2.42. The summed E-state index contributed by atoms with van der Waals surface area (Å²) >= 11 is 0. The molecule has 0 fully saturated rings. The highest BCUT2D eigenvalue weighted by Crippen LogP contribution is 2.25. The maximum atomic E-state index is 11.0. The summed E-state index contributed by atoms with van der Waals surface area (Å²) in [5.41, 5.74) is 0.554. The molecule has 0 bridgehead atoms. The van der Waals surface area contributed by atoms with E-state index in [1.807, 2.05) is 0 Å². The molecular formula is C12H10O6. The Hall–Kier alpha value is -2.50. The third-order valence-corrected chi connectivity index (χ3v) is 2.31. The van der Waals surface area contributed by atoms with Crippen LogP contribution >= 0.6 is 0 Å². The maximum Gasteiger partial charge on any atom is 0.519 e. The van der Waals surface area contributed by atoms with Gasteiger partial charge in [-0.1, -0.05) is 0 Å². The van der Waals surface area contributed by atoms with Gasteiger partial charge in [0.25, 0.3) is 0 Å². The molecule has 6 heteroatoms. The Labute approximate surface area is 101 Å². The van der Waals surface area contributed by atoms with Gasteiger partial charge in [-0.3, -0.25) is 4.79 Å². The van der Waals surface area contributed by atoms with Crippen LogP contribution in [0.1, 0.15) is 5.76 Å². The summed E-state index contributed by atoms with van der Waals surface area (Å²) in [6.07, 6.45) is -0.410. The van der Waals surface area contributed by atoms with Gasteiger partial charge < -0.3 is 18.7 Å². The third kappa shape index (κ3) is 2.42. The fourth-order valence-electron chi connectivity index (χ4n) is 1.52. The second kappa shape index (κ2) is 4.79. The van der Waals surface area contributed by atoms with E-state index >= 15 is 0 Å². The molecule has 0 unspecified atom stereocenters. The van der Waals surface area contributed by atoms with E-state index in [2.05, 4.69) is 0 Å². The van der Waals surface area contributed by atoms with Gasteiger partial charge in [-0.25, -0.2) is 4.79 Å². The molecule has 2 aromatic rings. The Kier molecular flexibility index (Phi) is 3.18. The first-order valence-electron chi connectivity index (χ1n) is 5.09. The van der Waals surface area contributed by atoms with E-state index in [4.69, 9.17) is 18.7 Å². The highest BCUT2D eigenvalue weighted by atomic mass is 16.6. The summed E-state index contributed by atoms with van der Waals surface area (Å²) in [4.78, 5) is 21.7. The SMILES string of the molecule is COc1ccc(-c2oc(=O)oc2CC(=O)O)cc1. The van der Waals surface area contributed by atoms with Crippen molar-refractivity contribution in [1.29, 1.82) is 0 Å². The molecule has 0 atom stereocenters. The number of aliphatic carboxylic acids is 1. The zero-order valence-corrected chi connectivity index (χ0v) is 9.50. The highest BCUT2D eigenvalue weighted by Gasteiger charge is 2.17. The Morgan fingerprint density at radius 1 is 1.28 bits per heavy atom. The molecule has 0 aliphatic rings. The van der Waals surface area contributed by atoms with Crippen molar-refractivity contribution in [3.8, 4) is 17.1 Å². The summed E-state index contributed by atoms with van der Waals surface area (Å²) in [5, 5.41) is 8.71. The number of benzene rings is 1. The fourth-order valence-corrected chi connectivity index (χ4v) is 1.52. The van der Waals surface area contributed by atoms with E-state index in [1.165, 1.54) is 7.11 Å². The van der Waals surface area contributed by atoms with Gasteiger partial charge in [0.2, 0.25) is 0 Å². The van der Waals surface area contributed by atoms with Gasteiger partial charge in [-0.05, 0) is 24.3 Å². The summed E-state index contributed by atoms with van der Waals surface area (Å²) in [5.74, 6) is -1.25. The van der Waals surface area contributed by atoms with E-state index in [0.717, 1.165) is 0 Å². The number of hydrogen-bond donors (Lipinski definition) is 1. The molecule has 94 valence electrons. The van der Waals surface area contributed by atoms with E-state index in [1.54, 1.807) is 24.3 Å². The second-order valence-corrected chi connectivity index (χ2v) is 3.51. The molecule has 6 nitrogen and oxygen atoms in total. The number of carbonyl (C=O) groups is 1. The van der Waals surface area contributed by atoms with Crippen molar-refractivity contribution in [2.75, 3.05) is 7.11 Å². The lowest BCUT2D eigenvalue weighted by molar-refractivity contribution is -0.136. The predicted molar refractivity (Wildman–Crippen MR) is 60.6 cm³/mol. The minimum Gasteiger partial charge on any atom is -0.497 e. The summed E-state index contributed by atoms with van der Waals surface area (Å²) in [6, 6.07) is 6.65. The van der Waals surface area contributed by atoms with Crippen molar-refractivity contribution in [2.45, 2.75) is 6.42 Å². The van der Waals surface area contributed by atoms with Crippen molar-refractivity contribution in [2.24, 2.45) is 0 Å². The molecule has 1 N–H and O–H groups in total. The molecule has 18 heavy (non-hydrogen) atoms. The average molecular weight is 250 g/mol. The number of methoxy groups -OCH3 is 1. The first-order chi connectivity index (χ1) is 8.60. The van der Waals surface area contributed by atoms with Gasteiger partial charge >= 0.3 is 11.8 Å². The highest BCUT2D eigenvalue weighted by molar-refractivity contribution is 5.72. The van der Waals surface area contributed by atoms with Gasteiger partial charge in [0, 0.05) is 5.56 Å². The summed E-state index contributed by atoms with van der Waals surface area (Å²) in [7, 11) is 1.53. The van der Waals surface area contributed by atoms with E-state index in [-0.39, 0.29) is 11.5 Å². The number of rotatable bonds is 4. The number of ether oxygens (including phenoxy) is 1. The average Bonchev–Trinajstić information content (AvgIpc) is 2.69. The van der Waals surface area contributed by atoms with Crippen LogP contribution in [0.2, 0.25) is 0 Å². The van der Waals surface area contributed by atoms with Crippen molar-refractivity contribution in [3.05, 3.63) is 40.6 Å². The molecule has 0 aliphatic heterocycles. The van der Waals surface area contributed by atoms with Crippen LogP contribution in [0.3, 0.4) is 0 Å². The Bertz CT molecular complexity index is 604. The number of hydrogen-bond acceptors (Lipinski definition) is 5. The second-order valence-electron chi connectivity index (χ2n) is 3.51. The van der Waals surface area contributed by atoms with E-state index < -0.39 is 18.2 Å². The Morgan fingerprint density at radius 3 is 2.50 bits per heavy atom. The number of carboxylic acids is 1. The van der Waals surface area contributed by atoms with Crippen molar-refractivity contribution < 1.29 is 23.5 Å². The van der Waals surface area contributed by atoms with Gasteiger partial charge in [0.05, 0.1) is 7.11 Å². The van der Waals surface area contributed by atoms with Gasteiger partial charge in [-0.2, -0.15) is 0 Å². The largest absolute Gasteiger partial charge is 0.519 e. The first-order valence-corrected chi connectivity index (χ1v) is 5.09. The lowest BCUT2D eigenvalue weighted by Crippen LogP contribution is -2.00. The van der Waals surface area contributed by atoms with Crippen molar-refractivity contribution in [1.82, 2.24) is 0 Å². The lowest BCUT2D eigenvalue weighted by atomic mass is 10.1. The van der Waals surface area contributed by atoms with E-state index in [0.29, 0.717) is 11.3 Å². The number of carboxylic acid groups (broad SMARTS) is 1. The predicted octanol–water partition coefficient (Wildman–Crippen LogP) is 1.54. The molecule has 0 saturated heterocycles. The molecule has 1 aromatic heterocycles. The molecule has 0 saturated carbocycles. The molecule has 2 rings (SSSR count). The van der Waals surface area contributed by atoms with Gasteiger partial charge in [0.15, 0.2) is 11.5 Å². The van der Waals surface area contributed by atoms with Crippen LogP contribution in [0.4, 0.5) is 0 Å². The maximum absolute atomic E-state index is 11.0. The molecule has 1 aromatic carbocycles. The van der Waals surface area contributed by atoms with E-state index in [9.17, 15) is 9.59 Å². The van der Waals surface area contributed by atoms with Crippen molar-refractivity contribution >= 4 is 5.97 Å². The fraction of sp³-hybridized carbons (Fsp3) is 0.167. The molecule has 0 radical (unpaired) electrons. The third-order valence-electron chi connectivity index (χ3n) is 2.31. The lowest BCUT2D eigenvalue weighted by Gasteiger charge is -2.01. The normalized spacial score (nSPS) is 10.3. The van der Waals surface area contributed by atoms with Crippen LogP contribution in [0, 0.1) is 0 Å². The van der Waals surface area contributed by atoms with Gasteiger partial charge in [0.1, 0.15) is 12.2 Å². The smallest absolute Gasteiger partial charge is 0.497 e. The van der Waals surface area contributed by atoms with Crippen LogP contribution in [-0.2, 0) is 11.2 Å². The molecular weight excluding hydrogens is 240 g/mol. The molecule has 0 amide bonds. The Morgan fingerprint density at radius 2 is 1.94 bits per heavy atom. The topological polar surface area (TPSA) is 89.9 Å². The minimum atomic E-state index is -1.10. The molecule has 0 aliphatic carbocycles.